The number of hydrogen-bond donors (Lipinski definition) is 0. The van der Waals surface area contributed by atoms with Crippen molar-refractivity contribution in [3.05, 3.63) is 0 Å². The first-order chi connectivity index (χ1) is 23.2. The van der Waals surface area contributed by atoms with Gasteiger partial charge in [-0.05, 0) is 0 Å². The highest BCUT2D eigenvalue weighted by Crippen LogP contribution is 2.52. The smallest absolute Gasteiger partial charge is 0.0354 e. The van der Waals surface area contributed by atoms with Crippen LogP contribution in [-0.2, 0) is 0 Å². The molecule has 0 unspecified atom stereocenters. The molecule has 0 N–H and O–H groups in total. The Balaban J connectivity index is 7.85. The fraction of sp³-hybridized carbons (Fsp3) is 1.00. The van der Waals surface area contributed by atoms with Gasteiger partial charge in [0.25, 0.3) is 0 Å². The molecule has 56 heavy (non-hydrogen) atoms. The average molecular weight is 1080 g/mol. The van der Waals surface area contributed by atoms with Crippen molar-refractivity contribution in [2.45, 2.75) is 249 Å². The van der Waals surface area contributed by atoms with Gasteiger partial charge in [0, 0.05) is 129 Å². The molecule has 0 aromatic rings. The summed E-state index contributed by atoms with van der Waals surface area (Å²) in [6, 6.07) is 0. The maximum absolute atomic E-state index is 3.12. The van der Waals surface area contributed by atoms with Crippen LogP contribution in [0.25, 0.3) is 0 Å². The van der Waals surface area contributed by atoms with E-state index in [1.165, 1.54) is 0 Å². The van der Waals surface area contributed by atoms with Gasteiger partial charge in [0.05, 0.1) is 0 Å². The van der Waals surface area contributed by atoms with Crippen LogP contribution in [0.2, 0.25) is 249 Å². The lowest BCUT2D eigenvalue weighted by atomic mass is 11.8. The number of rotatable bonds is 17. The normalized spacial score (nSPS) is 17.5. The van der Waals surface area contributed by atoms with Gasteiger partial charge in [0.15, 0.2) is 0 Å². The van der Waals surface area contributed by atoms with Crippen LogP contribution >= 0.6 is 0 Å². The summed E-state index contributed by atoms with van der Waals surface area (Å²) in [5, 5.41) is 0. The Hall–Kier alpha value is 3.90. The number of hydrogen-bond acceptors (Lipinski definition) is 0. The molecule has 0 spiro atoms. The van der Waals surface area contributed by atoms with E-state index in [2.05, 4.69) is 249 Å². The third kappa shape index (κ3) is 7.62. The predicted octanol–water partition coefficient (Wildman–Crippen LogP) is 15.3. The summed E-state index contributed by atoms with van der Waals surface area (Å²) in [7, 11) is -26.0. The Morgan fingerprint density at radius 1 is 0.0893 bits per heavy atom. The molecule has 0 aliphatic rings. The molecule has 0 fully saturated rings. The second-order valence-corrected chi connectivity index (χ2v) is 244. The van der Waals surface area contributed by atoms with E-state index in [1.807, 2.05) is 0 Å². The van der Waals surface area contributed by atoms with E-state index < -0.39 is 129 Å². The summed E-state index contributed by atoms with van der Waals surface area (Å²) in [6.07, 6.45) is 0. The van der Waals surface area contributed by atoms with Crippen LogP contribution in [0, 0.1) is 0 Å². The fourth-order valence-corrected chi connectivity index (χ4v) is 650. The van der Waals surface area contributed by atoms with Crippen LogP contribution in [0.3, 0.4) is 0 Å². The van der Waals surface area contributed by atoms with Gasteiger partial charge < -0.3 is 0 Å². The van der Waals surface area contributed by atoms with Crippen LogP contribution in [0.1, 0.15) is 0 Å². The van der Waals surface area contributed by atoms with Gasteiger partial charge in [-0.15, -0.1) is 0 Å². The third-order valence-electron chi connectivity index (χ3n) is 27.2. The summed E-state index contributed by atoms with van der Waals surface area (Å²) in [5.74, 6) is 0. The fourth-order valence-electron chi connectivity index (χ4n) is 12.8. The molecule has 0 amide bonds. The zero-order valence-corrected chi connectivity index (χ0v) is 65.0. The van der Waals surface area contributed by atoms with E-state index in [9.17, 15) is 0 Å². The molecule has 0 aliphatic carbocycles. The summed E-state index contributed by atoms with van der Waals surface area (Å²) < 4.78 is 0. The van der Waals surface area contributed by atoms with E-state index in [-0.39, 0.29) is 0 Å². The molecular formula is C38H114Si18. The van der Waals surface area contributed by atoms with Crippen molar-refractivity contribution >= 4 is 129 Å². The Bertz CT molecular complexity index is 1320. The molecule has 0 aromatic carbocycles. The van der Waals surface area contributed by atoms with E-state index in [0.717, 1.165) is 0 Å². The predicted molar refractivity (Wildman–Crippen MR) is 326 cm³/mol. The molecule has 0 nitrogen and oxygen atoms in total. The van der Waals surface area contributed by atoms with E-state index in [0.29, 0.717) is 0 Å². The van der Waals surface area contributed by atoms with Crippen LogP contribution < -0.4 is 0 Å². The lowest BCUT2D eigenvalue weighted by molar-refractivity contribution is 1.71. The molecule has 0 heterocycles. The minimum absolute atomic E-state index is 1.19. The van der Waals surface area contributed by atoms with Crippen molar-refractivity contribution in [2.24, 2.45) is 0 Å². The van der Waals surface area contributed by atoms with Crippen molar-refractivity contribution in [3.8, 4) is 0 Å². The Morgan fingerprint density at radius 3 is 0.196 bits per heavy atom. The molecule has 0 radical (unpaired) electrons. The van der Waals surface area contributed by atoms with Gasteiger partial charge in [-0.3, -0.25) is 0 Å². The minimum atomic E-state index is -1.57. The first-order valence-electron chi connectivity index (χ1n) is 23.2. The van der Waals surface area contributed by atoms with Gasteiger partial charge in [0.2, 0.25) is 0 Å². The maximum atomic E-state index is 3.12. The van der Waals surface area contributed by atoms with Crippen LogP contribution in [-0.4, -0.2) is 129 Å². The van der Waals surface area contributed by atoms with Gasteiger partial charge in [0.1, 0.15) is 0 Å². The quantitative estimate of drug-likeness (QED) is 0.127. The molecule has 338 valence electrons. The molecular weight excluding hydrogens is 962 g/mol. The molecule has 0 aromatic heterocycles. The van der Waals surface area contributed by atoms with Gasteiger partial charge in [-0.25, -0.2) is 0 Å². The molecule has 0 aliphatic heterocycles. The standard InChI is InChI=1S/C38H114Si18/c1-39(2,3)41(7,8)43(11,12)45(15,16)47(19,20)49(23,24)51(27,28)53(31,32)55(35,36)56(37,38)54(33,34)52(29,30)50(25,26)48(21,22)46(17,18)44(13,14)42(9,10)40(4,5)6/h1-38H3. The zero-order valence-electron chi connectivity index (χ0n) is 47.0. The van der Waals surface area contributed by atoms with Crippen molar-refractivity contribution in [3.63, 3.8) is 0 Å². The first kappa shape index (κ1) is 59.9. The Labute approximate surface area is 374 Å². The van der Waals surface area contributed by atoms with Crippen molar-refractivity contribution in [1.29, 1.82) is 0 Å². The molecule has 0 saturated carbocycles. The zero-order chi connectivity index (χ0) is 47.0. The van der Waals surface area contributed by atoms with Crippen LogP contribution in [0.15, 0.2) is 0 Å². The highest BCUT2D eigenvalue weighted by atomic mass is 30.2. The van der Waals surface area contributed by atoms with Crippen molar-refractivity contribution in [1.82, 2.24) is 0 Å². The topological polar surface area (TPSA) is 0 Å². The average Bonchev–Trinajstić information content (AvgIpc) is 2.94. The van der Waals surface area contributed by atoms with E-state index >= 15 is 0 Å². The first-order valence-corrected chi connectivity index (χ1v) is 95.2. The molecule has 0 saturated heterocycles. The highest BCUT2D eigenvalue weighted by molar-refractivity contribution is 8.12. The summed E-state index contributed by atoms with van der Waals surface area (Å²) >= 11 is 0. The molecule has 0 rings (SSSR count). The third-order valence-corrected chi connectivity index (χ3v) is 461. The van der Waals surface area contributed by atoms with Gasteiger partial charge in [-0.1, -0.05) is 249 Å². The monoisotopic (exact) mass is 1070 g/mol. The lowest BCUT2D eigenvalue weighted by Crippen LogP contribution is -2.98. The molecule has 0 bridgehead atoms. The largest absolute Gasteiger partial charge is 0.0735 e. The summed E-state index contributed by atoms with van der Waals surface area (Å²) in [6.45, 7) is 115. The highest BCUT2D eigenvalue weighted by Gasteiger charge is 2.76. The van der Waals surface area contributed by atoms with Crippen LogP contribution in [0.5, 0.6) is 0 Å². The minimum Gasteiger partial charge on any atom is -0.0735 e. The van der Waals surface area contributed by atoms with E-state index in [1.54, 1.807) is 0 Å². The maximum Gasteiger partial charge on any atom is 0.0354 e. The lowest BCUT2D eigenvalue weighted by Gasteiger charge is -2.70. The van der Waals surface area contributed by atoms with E-state index in [4.69, 9.17) is 0 Å². The SMILES string of the molecule is C[Si](C)(C)[Si](C)(C)[Si](C)(C)[Si](C)(C)[Si](C)(C)[Si](C)(C)[Si](C)(C)[Si](C)(C)[Si](C)(C)[Si](C)(C)[Si](C)(C)[Si](C)(C)[Si](C)(C)[Si](C)(C)[Si](C)(C)[Si](C)(C)[Si](C)(C)[Si](C)(C)C. The second kappa shape index (κ2) is 15.8. The van der Waals surface area contributed by atoms with Gasteiger partial charge in [-0.2, -0.15) is 0 Å². The van der Waals surface area contributed by atoms with Crippen molar-refractivity contribution < 1.29 is 0 Å². The molecule has 18 heteroatoms. The second-order valence-electron chi connectivity index (χ2n) is 30.5. The summed E-state index contributed by atoms with van der Waals surface area (Å²) in [5.41, 5.74) is 0. The van der Waals surface area contributed by atoms with Gasteiger partial charge >= 0.3 is 0 Å². The Morgan fingerprint density at radius 2 is 0.143 bits per heavy atom. The molecule has 0 atom stereocenters. The Kier molecular flexibility index (Phi) is 16.9. The summed E-state index contributed by atoms with van der Waals surface area (Å²) in [4.78, 5) is 0. The van der Waals surface area contributed by atoms with Crippen LogP contribution in [0.4, 0.5) is 0 Å². The van der Waals surface area contributed by atoms with Crippen molar-refractivity contribution in [2.75, 3.05) is 0 Å².